The number of benzene rings is 1. The van der Waals surface area contributed by atoms with Gasteiger partial charge in [-0.3, -0.25) is 4.79 Å². The number of anilines is 4. The van der Waals surface area contributed by atoms with Crippen LogP contribution in [0.2, 0.25) is 0 Å². The molecular formula is C16H18N6O3. The molecule has 9 heteroatoms. The van der Waals surface area contributed by atoms with Crippen LogP contribution in [0.15, 0.2) is 24.3 Å². The van der Waals surface area contributed by atoms with Crippen molar-refractivity contribution in [2.24, 2.45) is 5.92 Å². The number of amides is 1. The first kappa shape index (κ1) is 16.5. The highest BCUT2D eigenvalue weighted by Gasteiger charge is 2.30. The lowest BCUT2D eigenvalue weighted by atomic mass is 9.94. The lowest BCUT2D eigenvalue weighted by Gasteiger charge is -2.29. The van der Waals surface area contributed by atoms with Gasteiger partial charge in [0.25, 0.3) is 0 Å². The molecule has 1 aromatic carbocycles. The number of hydrogen-bond donors (Lipinski definition) is 4. The van der Waals surface area contributed by atoms with E-state index in [1.807, 2.05) is 11.9 Å². The summed E-state index contributed by atoms with van der Waals surface area (Å²) in [4.78, 5) is 33.1. The predicted molar refractivity (Wildman–Crippen MR) is 93.4 cm³/mol. The third-order valence-electron chi connectivity index (χ3n) is 4.17. The number of carboxylic acids is 1. The highest BCUT2D eigenvalue weighted by molar-refractivity contribution is 5.96. The molecule has 0 saturated carbocycles. The maximum atomic E-state index is 12.3. The second-order valence-electron chi connectivity index (χ2n) is 5.92. The van der Waals surface area contributed by atoms with Crippen molar-refractivity contribution in [2.75, 3.05) is 35.3 Å². The monoisotopic (exact) mass is 342 g/mol. The zero-order chi connectivity index (χ0) is 18.1. The van der Waals surface area contributed by atoms with Crippen LogP contribution < -0.4 is 21.7 Å². The number of carbonyl (C=O) groups excluding carboxylic acids is 1. The number of nitrogens with one attached hydrogen (secondary N) is 1. The summed E-state index contributed by atoms with van der Waals surface area (Å²) in [5.41, 5.74) is 13.1. The number of nitrogen functional groups attached to an aromatic ring is 2. The van der Waals surface area contributed by atoms with E-state index in [-0.39, 0.29) is 29.2 Å². The van der Waals surface area contributed by atoms with Crippen LogP contribution in [0.3, 0.4) is 0 Å². The van der Waals surface area contributed by atoms with Crippen LogP contribution in [0.25, 0.3) is 0 Å². The van der Waals surface area contributed by atoms with Crippen LogP contribution in [-0.4, -0.2) is 40.5 Å². The highest BCUT2D eigenvalue weighted by atomic mass is 16.4. The number of nitrogens with zero attached hydrogens (tertiary/aromatic N) is 3. The fraction of sp³-hybridized carbons (Fsp3) is 0.250. The number of rotatable bonds is 4. The summed E-state index contributed by atoms with van der Waals surface area (Å²) >= 11 is 0. The van der Waals surface area contributed by atoms with Gasteiger partial charge < -0.3 is 26.8 Å². The van der Waals surface area contributed by atoms with E-state index in [4.69, 9.17) is 16.6 Å². The molecule has 0 aliphatic carbocycles. The topological polar surface area (TPSA) is 147 Å². The Kier molecular flexibility index (Phi) is 4.14. The normalized spacial score (nSPS) is 16.0. The maximum Gasteiger partial charge on any atom is 0.335 e. The fourth-order valence-corrected chi connectivity index (χ4v) is 2.82. The Bertz CT molecular complexity index is 837. The fourth-order valence-electron chi connectivity index (χ4n) is 2.82. The average Bonchev–Trinajstić information content (AvgIpc) is 2.56. The molecule has 1 aliphatic rings. The third kappa shape index (κ3) is 3.30. The number of carboxylic acid groups (broad SMARTS) is 1. The Morgan fingerprint density at radius 2 is 2.00 bits per heavy atom. The summed E-state index contributed by atoms with van der Waals surface area (Å²) in [5, 5.41) is 11.7. The first-order valence-corrected chi connectivity index (χ1v) is 7.62. The van der Waals surface area contributed by atoms with Gasteiger partial charge in [0.15, 0.2) is 0 Å². The molecule has 1 aromatic heterocycles. The van der Waals surface area contributed by atoms with Gasteiger partial charge in [0.1, 0.15) is 11.6 Å². The first-order chi connectivity index (χ1) is 11.8. The molecule has 0 radical (unpaired) electrons. The van der Waals surface area contributed by atoms with Crippen molar-refractivity contribution in [3.8, 4) is 0 Å². The molecule has 25 heavy (non-hydrogen) atoms. The van der Waals surface area contributed by atoms with Crippen molar-refractivity contribution in [3.05, 3.63) is 35.4 Å². The molecule has 0 fully saturated rings. The van der Waals surface area contributed by atoms with E-state index in [2.05, 4.69) is 15.3 Å². The van der Waals surface area contributed by atoms with Gasteiger partial charge in [0.2, 0.25) is 11.9 Å². The van der Waals surface area contributed by atoms with Gasteiger partial charge in [-0.2, -0.15) is 9.97 Å². The van der Waals surface area contributed by atoms with Gasteiger partial charge in [0.05, 0.1) is 11.5 Å². The molecule has 1 unspecified atom stereocenters. The van der Waals surface area contributed by atoms with E-state index in [9.17, 15) is 9.59 Å². The second kappa shape index (κ2) is 6.27. The quantitative estimate of drug-likeness (QED) is 0.631. The van der Waals surface area contributed by atoms with Crippen molar-refractivity contribution in [1.82, 2.24) is 9.97 Å². The number of nitrogens with two attached hydrogens (primary N) is 2. The molecule has 2 heterocycles. The first-order valence-electron chi connectivity index (χ1n) is 7.62. The van der Waals surface area contributed by atoms with Crippen LogP contribution in [0, 0.1) is 5.92 Å². The van der Waals surface area contributed by atoms with Gasteiger partial charge in [-0.05, 0) is 30.7 Å². The number of fused-ring (bicyclic) bond motifs is 1. The zero-order valence-corrected chi connectivity index (χ0v) is 13.6. The summed E-state index contributed by atoms with van der Waals surface area (Å²) < 4.78 is 0. The van der Waals surface area contributed by atoms with E-state index in [1.54, 1.807) is 12.1 Å². The standard InChI is InChI=1S/C16H18N6O3/c1-22(10-4-2-8(3-5-10)15(24)25)7-9-6-11-12(17)19-16(18)21-13(11)20-14(9)23/h2-5,9H,6-7H2,1H3,(H,24,25)(H5,17,18,19,20,21,23). The molecular weight excluding hydrogens is 324 g/mol. The maximum absolute atomic E-state index is 12.3. The molecule has 1 atom stereocenters. The minimum Gasteiger partial charge on any atom is -0.478 e. The molecule has 130 valence electrons. The number of carbonyl (C=O) groups is 2. The van der Waals surface area contributed by atoms with Gasteiger partial charge in [-0.25, -0.2) is 4.79 Å². The van der Waals surface area contributed by atoms with Gasteiger partial charge >= 0.3 is 5.97 Å². The Morgan fingerprint density at radius 3 is 2.64 bits per heavy atom. The molecule has 9 nitrogen and oxygen atoms in total. The van der Waals surface area contributed by atoms with Crippen molar-refractivity contribution in [1.29, 1.82) is 0 Å². The van der Waals surface area contributed by atoms with Gasteiger partial charge in [-0.1, -0.05) is 0 Å². The lowest BCUT2D eigenvalue weighted by molar-refractivity contribution is -0.119. The summed E-state index contributed by atoms with van der Waals surface area (Å²) in [6.07, 6.45) is 0.408. The molecule has 2 aromatic rings. The summed E-state index contributed by atoms with van der Waals surface area (Å²) in [6, 6.07) is 6.46. The number of aromatic carboxylic acids is 1. The Balaban J connectivity index is 1.76. The minimum absolute atomic E-state index is 0.0191. The second-order valence-corrected chi connectivity index (χ2v) is 5.92. The van der Waals surface area contributed by atoms with Crippen molar-refractivity contribution in [3.63, 3.8) is 0 Å². The number of aromatic nitrogens is 2. The SMILES string of the molecule is CN(CC1Cc2c(N)nc(N)nc2NC1=O)c1ccc(C(=O)O)cc1. The minimum atomic E-state index is -0.979. The van der Waals surface area contributed by atoms with Gasteiger partial charge in [-0.15, -0.1) is 0 Å². The smallest absolute Gasteiger partial charge is 0.335 e. The summed E-state index contributed by atoms with van der Waals surface area (Å²) in [6.45, 7) is 0.432. The molecule has 0 spiro atoms. The van der Waals surface area contributed by atoms with E-state index < -0.39 is 5.97 Å². The van der Waals surface area contributed by atoms with E-state index in [0.717, 1.165) is 5.69 Å². The Morgan fingerprint density at radius 1 is 1.32 bits per heavy atom. The largest absolute Gasteiger partial charge is 0.478 e. The number of hydrogen-bond acceptors (Lipinski definition) is 7. The van der Waals surface area contributed by atoms with Crippen molar-refractivity contribution < 1.29 is 14.7 Å². The predicted octanol–water partition coefficient (Wildman–Crippen LogP) is 0.586. The van der Waals surface area contributed by atoms with E-state index in [1.165, 1.54) is 12.1 Å². The van der Waals surface area contributed by atoms with Crippen LogP contribution in [0.4, 0.5) is 23.3 Å². The third-order valence-corrected chi connectivity index (χ3v) is 4.17. The Hall–Kier alpha value is -3.36. The molecule has 6 N–H and O–H groups in total. The van der Waals surface area contributed by atoms with Crippen molar-refractivity contribution in [2.45, 2.75) is 6.42 Å². The van der Waals surface area contributed by atoms with Crippen LogP contribution >= 0.6 is 0 Å². The van der Waals surface area contributed by atoms with Crippen LogP contribution in [0.1, 0.15) is 15.9 Å². The highest BCUT2D eigenvalue weighted by Crippen LogP contribution is 2.29. The molecule has 1 aliphatic heterocycles. The summed E-state index contributed by atoms with van der Waals surface area (Å²) in [5.74, 6) is -0.844. The van der Waals surface area contributed by atoms with E-state index >= 15 is 0 Å². The van der Waals surface area contributed by atoms with Crippen LogP contribution in [0.5, 0.6) is 0 Å². The molecule has 3 rings (SSSR count). The van der Waals surface area contributed by atoms with Crippen LogP contribution in [-0.2, 0) is 11.2 Å². The lowest BCUT2D eigenvalue weighted by Crippen LogP contribution is -2.39. The van der Waals surface area contributed by atoms with Gasteiger partial charge in [0, 0.05) is 24.8 Å². The average molecular weight is 342 g/mol. The van der Waals surface area contributed by atoms with Crippen molar-refractivity contribution >= 4 is 35.1 Å². The molecule has 0 bridgehead atoms. The zero-order valence-electron chi connectivity index (χ0n) is 13.6. The Labute approximate surface area is 143 Å². The molecule has 1 amide bonds. The summed E-state index contributed by atoms with van der Waals surface area (Å²) in [7, 11) is 1.83. The molecule has 0 saturated heterocycles. The van der Waals surface area contributed by atoms with E-state index in [0.29, 0.717) is 24.3 Å².